The van der Waals surface area contributed by atoms with Gasteiger partial charge in [0, 0.05) is 6.07 Å². The number of benzene rings is 2. The molecule has 0 saturated heterocycles. The van der Waals surface area contributed by atoms with Gasteiger partial charge in [-0.1, -0.05) is 30.3 Å². The van der Waals surface area contributed by atoms with Crippen LogP contribution in [0.4, 0.5) is 16.2 Å². The van der Waals surface area contributed by atoms with Crippen molar-refractivity contribution < 1.29 is 14.5 Å². The number of amides is 1. The molecule has 0 bridgehead atoms. The quantitative estimate of drug-likeness (QED) is 0.640. The number of hydrogen-bond donors (Lipinski definition) is 1. The smallest absolute Gasteiger partial charge is 0.412 e. The molecule has 0 radical (unpaired) electrons. The molecule has 0 saturated carbocycles. The average molecular weight is 328 g/mol. The Balaban J connectivity index is 2.41. The fraction of sp³-hybridized carbons (Fsp3) is 0.278. The van der Waals surface area contributed by atoms with Crippen molar-refractivity contribution in [2.75, 3.05) is 5.32 Å². The first-order valence-electron chi connectivity index (χ1n) is 7.52. The Kier molecular flexibility index (Phi) is 4.87. The molecule has 24 heavy (non-hydrogen) atoms. The van der Waals surface area contributed by atoms with E-state index in [1.807, 2.05) is 37.3 Å². The van der Waals surface area contributed by atoms with Crippen LogP contribution in [0.15, 0.2) is 42.5 Å². The molecule has 0 aliphatic heterocycles. The Morgan fingerprint density at radius 3 is 2.33 bits per heavy atom. The molecule has 0 spiro atoms. The minimum atomic E-state index is -0.725. The van der Waals surface area contributed by atoms with Crippen LogP contribution in [0.25, 0.3) is 11.1 Å². The zero-order valence-electron chi connectivity index (χ0n) is 14.1. The molecule has 0 heterocycles. The van der Waals surface area contributed by atoms with Gasteiger partial charge in [0.15, 0.2) is 0 Å². The highest BCUT2D eigenvalue weighted by Crippen LogP contribution is 2.34. The normalized spacial score (nSPS) is 11.0. The average Bonchev–Trinajstić information content (AvgIpc) is 2.45. The molecule has 1 amide bonds. The van der Waals surface area contributed by atoms with Crippen LogP contribution in [0.3, 0.4) is 0 Å². The van der Waals surface area contributed by atoms with Crippen molar-refractivity contribution >= 4 is 17.5 Å². The maximum absolute atomic E-state index is 11.9. The molecular weight excluding hydrogens is 308 g/mol. The van der Waals surface area contributed by atoms with E-state index < -0.39 is 16.6 Å². The molecular formula is C18H20N2O4. The van der Waals surface area contributed by atoms with Gasteiger partial charge < -0.3 is 4.74 Å². The SMILES string of the molecule is Cc1cc(NC(=O)OC(C)(C)C)c([N+](=O)[O-])cc1-c1ccccc1. The van der Waals surface area contributed by atoms with Gasteiger partial charge in [0.1, 0.15) is 11.3 Å². The number of rotatable bonds is 3. The maximum Gasteiger partial charge on any atom is 0.412 e. The molecule has 1 N–H and O–H groups in total. The Bertz CT molecular complexity index is 765. The second-order valence-electron chi connectivity index (χ2n) is 6.43. The summed E-state index contributed by atoms with van der Waals surface area (Å²) in [5.41, 5.74) is 1.70. The van der Waals surface area contributed by atoms with E-state index in [2.05, 4.69) is 5.32 Å². The molecule has 2 aromatic rings. The summed E-state index contributed by atoms with van der Waals surface area (Å²) in [5.74, 6) is 0. The van der Waals surface area contributed by atoms with E-state index in [1.54, 1.807) is 26.8 Å². The van der Waals surface area contributed by atoms with Crippen molar-refractivity contribution in [3.8, 4) is 11.1 Å². The van der Waals surface area contributed by atoms with Crippen molar-refractivity contribution in [1.29, 1.82) is 0 Å². The number of ether oxygens (including phenoxy) is 1. The summed E-state index contributed by atoms with van der Waals surface area (Å²) in [5, 5.41) is 13.9. The Morgan fingerprint density at radius 2 is 1.79 bits per heavy atom. The third kappa shape index (κ3) is 4.32. The summed E-state index contributed by atoms with van der Waals surface area (Å²) in [6.45, 7) is 7.02. The van der Waals surface area contributed by atoms with Gasteiger partial charge in [-0.25, -0.2) is 4.79 Å². The number of carbonyl (C=O) groups is 1. The Labute approximate surface area is 140 Å². The highest BCUT2D eigenvalue weighted by atomic mass is 16.6. The number of nitro groups is 1. The largest absolute Gasteiger partial charge is 0.444 e. The zero-order chi connectivity index (χ0) is 17.9. The minimum absolute atomic E-state index is 0.117. The second-order valence-corrected chi connectivity index (χ2v) is 6.43. The van der Waals surface area contributed by atoms with E-state index in [0.717, 1.165) is 16.7 Å². The number of aryl methyl sites for hydroxylation is 1. The molecule has 126 valence electrons. The van der Waals surface area contributed by atoms with Gasteiger partial charge in [-0.3, -0.25) is 15.4 Å². The van der Waals surface area contributed by atoms with Gasteiger partial charge in [-0.05, 0) is 50.5 Å². The molecule has 0 aliphatic carbocycles. The lowest BCUT2D eigenvalue weighted by Crippen LogP contribution is -2.27. The van der Waals surface area contributed by atoms with Gasteiger partial charge in [0.25, 0.3) is 5.69 Å². The lowest BCUT2D eigenvalue weighted by atomic mass is 9.99. The molecule has 0 unspecified atom stereocenters. The van der Waals surface area contributed by atoms with Crippen molar-refractivity contribution in [2.24, 2.45) is 0 Å². The predicted molar refractivity (Wildman–Crippen MR) is 93.1 cm³/mol. The standard InChI is InChI=1S/C18H20N2O4/c1-12-10-15(19-17(21)24-18(2,3)4)16(20(22)23)11-14(12)13-8-6-5-7-9-13/h5-11H,1-4H3,(H,19,21). The lowest BCUT2D eigenvalue weighted by Gasteiger charge is -2.20. The second kappa shape index (κ2) is 6.70. The summed E-state index contributed by atoms with van der Waals surface area (Å²) < 4.78 is 5.16. The Morgan fingerprint density at radius 1 is 1.17 bits per heavy atom. The summed E-state index contributed by atoms with van der Waals surface area (Å²) in [7, 11) is 0. The molecule has 2 rings (SSSR count). The van der Waals surface area contributed by atoms with Crippen molar-refractivity contribution in [1.82, 2.24) is 0 Å². The third-order valence-electron chi connectivity index (χ3n) is 3.26. The van der Waals surface area contributed by atoms with Crippen LogP contribution in [-0.4, -0.2) is 16.6 Å². The first-order chi connectivity index (χ1) is 11.2. The minimum Gasteiger partial charge on any atom is -0.444 e. The fourth-order valence-corrected chi connectivity index (χ4v) is 2.29. The van der Waals surface area contributed by atoms with E-state index >= 15 is 0 Å². The molecule has 0 aliphatic rings. The maximum atomic E-state index is 11.9. The lowest BCUT2D eigenvalue weighted by molar-refractivity contribution is -0.383. The highest BCUT2D eigenvalue weighted by Gasteiger charge is 2.22. The van der Waals surface area contributed by atoms with E-state index in [1.165, 1.54) is 6.07 Å². The number of hydrogen-bond acceptors (Lipinski definition) is 4. The fourth-order valence-electron chi connectivity index (χ4n) is 2.29. The van der Waals surface area contributed by atoms with E-state index in [9.17, 15) is 14.9 Å². The highest BCUT2D eigenvalue weighted by molar-refractivity contribution is 5.90. The van der Waals surface area contributed by atoms with E-state index in [0.29, 0.717) is 0 Å². The van der Waals surface area contributed by atoms with Crippen LogP contribution < -0.4 is 5.32 Å². The van der Waals surface area contributed by atoms with Gasteiger partial charge in [0.2, 0.25) is 0 Å². The van der Waals surface area contributed by atoms with Gasteiger partial charge >= 0.3 is 6.09 Å². The van der Waals surface area contributed by atoms with Crippen LogP contribution in [0.2, 0.25) is 0 Å². The predicted octanol–water partition coefficient (Wildman–Crippen LogP) is 4.92. The number of nitrogens with zero attached hydrogens (tertiary/aromatic N) is 1. The number of nitro benzene ring substituents is 1. The summed E-state index contributed by atoms with van der Waals surface area (Å²) >= 11 is 0. The van der Waals surface area contributed by atoms with Crippen LogP contribution in [0.1, 0.15) is 26.3 Å². The number of nitrogens with one attached hydrogen (secondary N) is 1. The number of carbonyl (C=O) groups excluding carboxylic acids is 1. The third-order valence-corrected chi connectivity index (χ3v) is 3.26. The Hall–Kier alpha value is -2.89. The van der Waals surface area contributed by atoms with Crippen LogP contribution in [0.5, 0.6) is 0 Å². The molecule has 0 atom stereocenters. The van der Waals surface area contributed by atoms with Crippen LogP contribution in [0, 0.1) is 17.0 Å². The van der Waals surface area contributed by atoms with Crippen molar-refractivity contribution in [3.05, 3.63) is 58.1 Å². The van der Waals surface area contributed by atoms with E-state index in [4.69, 9.17) is 4.74 Å². The summed E-state index contributed by atoms with van der Waals surface area (Å²) in [6, 6.07) is 12.4. The van der Waals surface area contributed by atoms with Crippen LogP contribution in [-0.2, 0) is 4.74 Å². The molecule has 0 aromatic heterocycles. The molecule has 6 nitrogen and oxygen atoms in total. The van der Waals surface area contributed by atoms with Gasteiger partial charge in [0.05, 0.1) is 4.92 Å². The first-order valence-corrected chi connectivity index (χ1v) is 7.52. The summed E-state index contributed by atoms with van der Waals surface area (Å²) in [4.78, 5) is 22.8. The van der Waals surface area contributed by atoms with Gasteiger partial charge in [-0.2, -0.15) is 0 Å². The first kappa shape index (κ1) is 17.5. The van der Waals surface area contributed by atoms with Gasteiger partial charge in [-0.15, -0.1) is 0 Å². The topological polar surface area (TPSA) is 81.5 Å². The monoisotopic (exact) mass is 328 g/mol. The molecule has 0 fully saturated rings. The van der Waals surface area contributed by atoms with Crippen LogP contribution >= 0.6 is 0 Å². The number of anilines is 1. The van der Waals surface area contributed by atoms with Crippen molar-refractivity contribution in [3.63, 3.8) is 0 Å². The summed E-state index contributed by atoms with van der Waals surface area (Å²) in [6.07, 6.45) is -0.725. The zero-order valence-corrected chi connectivity index (χ0v) is 14.1. The van der Waals surface area contributed by atoms with Crippen molar-refractivity contribution in [2.45, 2.75) is 33.3 Å². The molecule has 2 aromatic carbocycles. The van der Waals surface area contributed by atoms with E-state index in [-0.39, 0.29) is 11.4 Å². The molecule has 6 heteroatoms.